The van der Waals surface area contributed by atoms with Crippen LogP contribution in [0.4, 0.5) is 9.52 Å². The summed E-state index contributed by atoms with van der Waals surface area (Å²) in [5.74, 6) is -0.293. The van der Waals surface area contributed by atoms with Gasteiger partial charge in [-0.15, -0.1) is 0 Å². The van der Waals surface area contributed by atoms with Crippen LogP contribution in [0.1, 0.15) is 10.4 Å². The minimum absolute atomic E-state index is 0.00176. The van der Waals surface area contributed by atoms with Crippen LogP contribution in [0.15, 0.2) is 42.7 Å². The summed E-state index contributed by atoms with van der Waals surface area (Å²) < 4.78 is 14.6. The Morgan fingerprint density at radius 2 is 1.96 bits per heavy atom. The molecule has 1 aliphatic rings. The van der Waals surface area contributed by atoms with Gasteiger partial charge in [0.1, 0.15) is 11.3 Å². The zero-order chi connectivity index (χ0) is 16.5. The minimum atomic E-state index is -0.291. The Morgan fingerprint density at radius 1 is 1.12 bits per heavy atom. The van der Waals surface area contributed by atoms with E-state index in [0.717, 1.165) is 9.83 Å². The van der Waals surface area contributed by atoms with Crippen molar-refractivity contribution in [3.8, 4) is 0 Å². The molecule has 5 nitrogen and oxygen atoms in total. The van der Waals surface area contributed by atoms with Crippen molar-refractivity contribution in [2.45, 2.75) is 0 Å². The van der Waals surface area contributed by atoms with E-state index in [-0.39, 0.29) is 11.7 Å². The zero-order valence-electron chi connectivity index (χ0n) is 12.9. The van der Waals surface area contributed by atoms with Crippen molar-refractivity contribution in [1.82, 2.24) is 14.9 Å². The largest absolute Gasteiger partial charge is 0.345 e. The van der Waals surface area contributed by atoms with Crippen molar-refractivity contribution < 1.29 is 9.18 Å². The van der Waals surface area contributed by atoms with Gasteiger partial charge in [0.25, 0.3) is 5.91 Å². The van der Waals surface area contributed by atoms with E-state index in [1.165, 1.54) is 17.4 Å². The number of rotatable bonds is 2. The number of fused-ring (bicyclic) bond motifs is 1. The molecule has 2 aromatic heterocycles. The number of halogens is 1. The van der Waals surface area contributed by atoms with Crippen LogP contribution >= 0.6 is 11.3 Å². The molecule has 0 radical (unpaired) electrons. The minimum Gasteiger partial charge on any atom is -0.345 e. The highest BCUT2D eigenvalue weighted by atomic mass is 32.1. The molecule has 0 spiro atoms. The first-order chi connectivity index (χ1) is 11.7. The van der Waals surface area contributed by atoms with Crippen molar-refractivity contribution >= 4 is 32.6 Å². The average Bonchev–Trinajstić information content (AvgIpc) is 3.08. The van der Waals surface area contributed by atoms with Crippen LogP contribution in [0.5, 0.6) is 0 Å². The van der Waals surface area contributed by atoms with Gasteiger partial charge in [-0.2, -0.15) is 0 Å². The summed E-state index contributed by atoms with van der Waals surface area (Å²) in [5, 5.41) is 0.809. The number of hydrogen-bond acceptors (Lipinski definition) is 5. The molecular weight excluding hydrogens is 327 g/mol. The van der Waals surface area contributed by atoms with Gasteiger partial charge < -0.3 is 9.80 Å². The van der Waals surface area contributed by atoms with Crippen LogP contribution in [0.2, 0.25) is 0 Å². The molecule has 1 aliphatic heterocycles. The third-order valence-electron chi connectivity index (χ3n) is 4.10. The Kier molecular flexibility index (Phi) is 3.86. The number of carbonyl (C=O) groups excluding carboxylic acids is 1. The summed E-state index contributed by atoms with van der Waals surface area (Å²) >= 11 is 1.49. The molecule has 1 saturated heterocycles. The van der Waals surface area contributed by atoms with E-state index in [1.807, 2.05) is 11.0 Å². The number of piperazine rings is 1. The quantitative estimate of drug-likeness (QED) is 0.719. The van der Waals surface area contributed by atoms with Crippen LogP contribution in [0.25, 0.3) is 10.2 Å². The predicted molar refractivity (Wildman–Crippen MR) is 91.9 cm³/mol. The number of anilines is 1. The van der Waals surface area contributed by atoms with Gasteiger partial charge in [0.2, 0.25) is 0 Å². The SMILES string of the molecule is O=C(c1cccnc1)N1CCN(c2nc3c(F)cccc3s2)CC1. The fourth-order valence-electron chi connectivity index (χ4n) is 2.81. The predicted octanol–water partition coefficient (Wildman–Crippen LogP) is 2.79. The Labute approximate surface area is 142 Å². The summed E-state index contributed by atoms with van der Waals surface area (Å²) in [7, 11) is 0. The van der Waals surface area contributed by atoms with Crippen LogP contribution in [0, 0.1) is 5.82 Å². The monoisotopic (exact) mass is 342 g/mol. The van der Waals surface area contributed by atoms with Crippen molar-refractivity contribution in [2.24, 2.45) is 0 Å². The van der Waals surface area contributed by atoms with Gasteiger partial charge in [-0.3, -0.25) is 9.78 Å². The normalized spacial score (nSPS) is 15.0. The van der Waals surface area contributed by atoms with Gasteiger partial charge in [-0.1, -0.05) is 17.4 Å². The maximum absolute atomic E-state index is 13.8. The lowest BCUT2D eigenvalue weighted by molar-refractivity contribution is 0.0746. The second kappa shape index (κ2) is 6.16. The number of aromatic nitrogens is 2. The third-order valence-corrected chi connectivity index (χ3v) is 5.19. The Hall–Kier alpha value is -2.54. The first kappa shape index (κ1) is 15.0. The van der Waals surface area contributed by atoms with Crippen molar-refractivity contribution in [1.29, 1.82) is 0 Å². The summed E-state index contributed by atoms with van der Waals surface area (Å²) in [6.07, 6.45) is 3.24. The molecule has 0 unspecified atom stereocenters. The zero-order valence-corrected chi connectivity index (χ0v) is 13.7. The average molecular weight is 342 g/mol. The van der Waals surface area contributed by atoms with E-state index in [9.17, 15) is 9.18 Å². The molecule has 0 bridgehead atoms. The highest BCUT2D eigenvalue weighted by Gasteiger charge is 2.24. The van der Waals surface area contributed by atoms with Crippen LogP contribution < -0.4 is 4.90 Å². The molecule has 3 heterocycles. The van der Waals surface area contributed by atoms with Crippen molar-refractivity contribution in [3.05, 3.63) is 54.1 Å². The number of pyridine rings is 1. The summed E-state index contributed by atoms with van der Waals surface area (Å²) in [6, 6.07) is 8.54. The lowest BCUT2D eigenvalue weighted by Gasteiger charge is -2.34. The number of amides is 1. The van der Waals surface area contributed by atoms with E-state index < -0.39 is 0 Å². The van der Waals surface area contributed by atoms with Crippen LogP contribution in [-0.4, -0.2) is 47.0 Å². The number of benzene rings is 1. The number of hydrogen-bond donors (Lipinski definition) is 0. The number of nitrogens with zero attached hydrogens (tertiary/aromatic N) is 4. The topological polar surface area (TPSA) is 49.3 Å². The number of thiazole rings is 1. The lowest BCUT2D eigenvalue weighted by Crippen LogP contribution is -2.48. The first-order valence-corrected chi connectivity index (χ1v) is 8.53. The molecule has 0 N–H and O–H groups in total. The van der Waals surface area contributed by atoms with Crippen molar-refractivity contribution in [2.75, 3.05) is 31.1 Å². The summed E-state index contributed by atoms with van der Waals surface area (Å²) in [4.78, 5) is 24.8. The smallest absolute Gasteiger partial charge is 0.255 e. The molecule has 0 aliphatic carbocycles. The molecule has 122 valence electrons. The number of para-hydroxylation sites is 1. The van der Waals surface area contributed by atoms with Crippen LogP contribution in [0.3, 0.4) is 0 Å². The molecule has 1 aromatic carbocycles. The van der Waals surface area contributed by atoms with E-state index >= 15 is 0 Å². The van der Waals surface area contributed by atoms with Gasteiger partial charge in [0, 0.05) is 38.6 Å². The second-order valence-corrected chi connectivity index (χ2v) is 6.61. The maximum Gasteiger partial charge on any atom is 0.255 e. The maximum atomic E-state index is 13.8. The molecule has 0 atom stereocenters. The lowest BCUT2D eigenvalue weighted by atomic mass is 10.2. The third kappa shape index (κ3) is 2.71. The Balaban J connectivity index is 1.47. The van der Waals surface area contributed by atoms with E-state index in [4.69, 9.17) is 0 Å². The van der Waals surface area contributed by atoms with E-state index in [1.54, 1.807) is 30.6 Å². The number of carbonyl (C=O) groups is 1. The summed E-state index contributed by atoms with van der Waals surface area (Å²) in [6.45, 7) is 2.61. The van der Waals surface area contributed by atoms with Gasteiger partial charge in [-0.25, -0.2) is 9.37 Å². The molecule has 3 aromatic rings. The van der Waals surface area contributed by atoms with Gasteiger partial charge in [-0.05, 0) is 24.3 Å². The summed E-state index contributed by atoms with van der Waals surface area (Å²) in [5.41, 5.74) is 1.03. The molecule has 0 saturated carbocycles. The van der Waals surface area contributed by atoms with E-state index in [0.29, 0.717) is 37.3 Å². The first-order valence-electron chi connectivity index (χ1n) is 7.72. The Morgan fingerprint density at radius 3 is 2.67 bits per heavy atom. The molecular formula is C17H15FN4OS. The fraction of sp³-hybridized carbons (Fsp3) is 0.235. The van der Waals surface area contributed by atoms with E-state index in [2.05, 4.69) is 14.9 Å². The highest BCUT2D eigenvalue weighted by Crippen LogP contribution is 2.30. The standard InChI is InChI=1S/C17H15FN4OS/c18-13-4-1-5-14-15(13)20-17(24-14)22-9-7-21(8-10-22)16(23)12-3-2-6-19-11-12/h1-6,11H,7-10H2. The molecule has 7 heteroatoms. The molecule has 1 amide bonds. The second-order valence-electron chi connectivity index (χ2n) is 5.60. The van der Waals surface area contributed by atoms with Crippen LogP contribution in [-0.2, 0) is 0 Å². The molecule has 24 heavy (non-hydrogen) atoms. The van der Waals surface area contributed by atoms with Gasteiger partial charge in [0.05, 0.1) is 10.3 Å². The van der Waals surface area contributed by atoms with Crippen molar-refractivity contribution in [3.63, 3.8) is 0 Å². The van der Waals surface area contributed by atoms with Gasteiger partial charge >= 0.3 is 0 Å². The molecule has 4 rings (SSSR count). The fourth-order valence-corrected chi connectivity index (χ4v) is 3.84. The van der Waals surface area contributed by atoms with Gasteiger partial charge in [0.15, 0.2) is 5.13 Å². The Bertz CT molecular complexity index is 875. The molecule has 1 fully saturated rings. The highest BCUT2D eigenvalue weighted by molar-refractivity contribution is 7.22.